The normalized spacial score (nSPS) is 20.7. The van der Waals surface area contributed by atoms with Gasteiger partial charge < -0.3 is 45.1 Å². The molecule has 1 aliphatic heterocycles. The molecule has 0 amide bonds. The number of phosphoric acid groups is 2. The summed E-state index contributed by atoms with van der Waals surface area (Å²) in [6, 6.07) is 1.24. The molecule has 0 saturated carbocycles. The van der Waals surface area contributed by atoms with Crippen LogP contribution in [0.1, 0.15) is 168 Å². The molecule has 0 aromatic carbocycles. The molecule has 7 N–H and O–H groups in total. The Morgan fingerprint density at radius 3 is 2.06 bits per heavy atom. The Balaban J connectivity index is 1.83. The molecule has 9 atom stereocenters. The molecule has 0 aliphatic carbocycles. The van der Waals surface area contributed by atoms with E-state index in [1.807, 2.05) is 37.3 Å². The highest BCUT2D eigenvalue weighted by Gasteiger charge is 2.46. The van der Waals surface area contributed by atoms with Crippen LogP contribution in [-0.4, -0.2) is 96.9 Å². The fraction of sp³-hybridized carbons (Fsp3) is 0.745. The molecule has 2 rings (SSSR count). The topological polar surface area (TPSA) is 286 Å². The first kappa shape index (κ1) is 61.1. The highest BCUT2D eigenvalue weighted by atomic mass is 31.3. The number of carbonyl (C=O) groups is 2. The number of nitrogen functional groups attached to an aromatic ring is 1. The number of esters is 2. The fourth-order valence-electron chi connectivity index (χ4n) is 7.15. The Morgan fingerprint density at radius 1 is 0.824 bits per heavy atom. The number of phosphoric ester groups is 2. The number of hydrogen-bond acceptors (Lipinski definition) is 16. The summed E-state index contributed by atoms with van der Waals surface area (Å²) in [6.07, 6.45) is 24.2. The quantitative estimate of drug-likeness (QED) is 0.0119. The molecule has 1 aromatic heterocycles. The van der Waals surface area contributed by atoms with Crippen LogP contribution in [0.5, 0.6) is 0 Å². The number of allylic oxidation sites excluding steroid dienone is 4. The zero-order valence-electron chi connectivity index (χ0n) is 40.4. The van der Waals surface area contributed by atoms with E-state index in [9.17, 15) is 48.6 Å². The van der Waals surface area contributed by atoms with Gasteiger partial charge in [-0.15, -0.1) is 0 Å². The third-order valence-corrected chi connectivity index (χ3v) is 14.0. The number of hydrogen-bond donors (Lipinski definition) is 6. The van der Waals surface area contributed by atoms with Crippen LogP contribution in [0.15, 0.2) is 53.5 Å². The third-order valence-electron chi connectivity index (χ3n) is 11.4. The minimum atomic E-state index is -5.44. The SMILES string of the molecule is CC/C=C/CC(O)/C=C/C=C/CCCCCCCC(=O)O[C@H](COC(=O)CCCCCCCCCCCCC(C)CC)COP(=O)(O)OP(=O)(O)OC[C@H]1O[C@@H](n2ccc(N)nc2=O)[C@H](O)[C@@H]1O. The Bertz CT molecular complexity index is 1810. The van der Waals surface area contributed by atoms with Crippen LogP contribution in [0.3, 0.4) is 0 Å². The van der Waals surface area contributed by atoms with Crippen molar-refractivity contribution >= 4 is 33.4 Å². The van der Waals surface area contributed by atoms with Crippen LogP contribution in [0, 0.1) is 5.92 Å². The van der Waals surface area contributed by atoms with Gasteiger partial charge in [-0.05, 0) is 50.5 Å². The number of ether oxygens (including phenoxy) is 3. The van der Waals surface area contributed by atoms with E-state index in [0.717, 1.165) is 80.9 Å². The van der Waals surface area contributed by atoms with E-state index < -0.39 is 89.8 Å². The molecule has 0 bridgehead atoms. The van der Waals surface area contributed by atoms with Gasteiger partial charge in [0, 0.05) is 19.0 Å². The number of aliphatic hydroxyl groups is 3. The standard InChI is InChI=1S/C47H81N3O16P2/c1-4-6-22-28-38(51)29-24-19-15-11-9-13-17-21-26-31-43(53)64-39(34-61-42(52)30-25-20-16-12-8-7-10-14-18-23-27-37(3)5-2)35-62-67(57,58)66-68(59,60)63-36-40-44(54)45(55)46(65-40)50-33-32-41(48)49-47(50)56/h6,15,19,22,24,29,32-33,37-40,44-46,51,54-55H,4-5,7-14,16-18,20-21,23,25-28,30-31,34-36H2,1-3H3,(H,57,58)(H,59,60)(H2,48,49,56)/b19-15+,22-6+,29-24+/t37?,38?,39-,40-,44-,45-,46-/m1/s1. The molecular formula is C47H81N3O16P2. The number of anilines is 1. The van der Waals surface area contributed by atoms with E-state index in [2.05, 4.69) is 23.1 Å². The van der Waals surface area contributed by atoms with Crippen molar-refractivity contribution in [1.82, 2.24) is 9.55 Å². The number of unbranched alkanes of at least 4 members (excludes halogenated alkanes) is 14. The maximum atomic E-state index is 12.8. The number of aromatic nitrogens is 2. The minimum Gasteiger partial charge on any atom is -0.462 e. The van der Waals surface area contributed by atoms with E-state index >= 15 is 0 Å². The van der Waals surface area contributed by atoms with Gasteiger partial charge in [0.1, 0.15) is 30.7 Å². The Morgan fingerprint density at radius 2 is 1.43 bits per heavy atom. The fourth-order valence-corrected chi connectivity index (χ4v) is 9.26. The van der Waals surface area contributed by atoms with Crippen LogP contribution in [-0.2, 0) is 46.3 Å². The van der Waals surface area contributed by atoms with E-state index in [-0.39, 0.29) is 18.7 Å². The lowest BCUT2D eigenvalue weighted by molar-refractivity contribution is -0.161. The molecule has 21 heteroatoms. The summed E-state index contributed by atoms with van der Waals surface area (Å²) in [6.45, 7) is 4.22. The van der Waals surface area contributed by atoms with Crippen LogP contribution in [0.25, 0.3) is 0 Å². The average molecular weight is 1010 g/mol. The first-order chi connectivity index (χ1) is 32.5. The average Bonchev–Trinajstić information content (AvgIpc) is 3.57. The maximum Gasteiger partial charge on any atom is 0.481 e. The van der Waals surface area contributed by atoms with Gasteiger partial charge in [0.25, 0.3) is 0 Å². The zero-order chi connectivity index (χ0) is 50.2. The van der Waals surface area contributed by atoms with Crippen molar-refractivity contribution in [3.8, 4) is 0 Å². The second kappa shape index (κ2) is 35.1. The summed E-state index contributed by atoms with van der Waals surface area (Å²) in [5, 5.41) is 30.8. The van der Waals surface area contributed by atoms with Gasteiger partial charge in [-0.3, -0.25) is 23.2 Å². The predicted octanol–water partition coefficient (Wildman–Crippen LogP) is 8.44. The van der Waals surface area contributed by atoms with Crippen molar-refractivity contribution in [3.05, 3.63) is 59.2 Å². The summed E-state index contributed by atoms with van der Waals surface area (Å²) >= 11 is 0. The molecule has 19 nitrogen and oxygen atoms in total. The molecule has 1 aliphatic rings. The summed E-state index contributed by atoms with van der Waals surface area (Å²) < 4.78 is 56.7. The van der Waals surface area contributed by atoms with Crippen molar-refractivity contribution in [2.45, 2.75) is 199 Å². The monoisotopic (exact) mass is 1010 g/mol. The molecule has 0 spiro atoms. The van der Waals surface area contributed by atoms with Crippen molar-refractivity contribution in [2.24, 2.45) is 5.92 Å². The summed E-state index contributed by atoms with van der Waals surface area (Å²) in [5.74, 6) is -0.553. The van der Waals surface area contributed by atoms with E-state index in [0.29, 0.717) is 19.3 Å². The van der Waals surface area contributed by atoms with Gasteiger partial charge >= 0.3 is 33.3 Å². The van der Waals surface area contributed by atoms with Gasteiger partial charge in [0.05, 0.1) is 19.3 Å². The molecule has 2 heterocycles. The number of aliphatic hydroxyl groups excluding tert-OH is 3. The van der Waals surface area contributed by atoms with Gasteiger partial charge in [-0.1, -0.05) is 147 Å². The number of carbonyl (C=O) groups excluding carboxylic acids is 2. The minimum absolute atomic E-state index is 0.00420. The smallest absolute Gasteiger partial charge is 0.462 e. The molecule has 390 valence electrons. The Kier molecular flexibility index (Phi) is 31.5. The van der Waals surface area contributed by atoms with Gasteiger partial charge in [-0.25, -0.2) is 13.9 Å². The van der Waals surface area contributed by atoms with Crippen LogP contribution < -0.4 is 11.4 Å². The summed E-state index contributed by atoms with van der Waals surface area (Å²) in [4.78, 5) is 61.8. The molecule has 1 fully saturated rings. The van der Waals surface area contributed by atoms with E-state index in [1.54, 1.807) is 6.08 Å². The molecular weight excluding hydrogens is 924 g/mol. The van der Waals surface area contributed by atoms with E-state index in [1.165, 1.54) is 51.0 Å². The van der Waals surface area contributed by atoms with Crippen molar-refractivity contribution in [3.63, 3.8) is 0 Å². The number of nitrogens with two attached hydrogens (primary N) is 1. The lowest BCUT2D eigenvalue weighted by atomic mass is 9.99. The van der Waals surface area contributed by atoms with Gasteiger partial charge in [0.2, 0.25) is 0 Å². The number of nitrogens with zero attached hydrogens (tertiary/aromatic N) is 2. The van der Waals surface area contributed by atoms with Crippen molar-refractivity contribution < 1.29 is 71.4 Å². The Hall–Kier alpha value is -3.06. The van der Waals surface area contributed by atoms with Crippen molar-refractivity contribution in [1.29, 1.82) is 0 Å². The highest BCUT2D eigenvalue weighted by molar-refractivity contribution is 7.61. The molecule has 68 heavy (non-hydrogen) atoms. The molecule has 4 unspecified atom stereocenters. The van der Waals surface area contributed by atoms with Gasteiger partial charge in [-0.2, -0.15) is 9.29 Å². The lowest BCUT2D eigenvalue weighted by Crippen LogP contribution is -2.36. The predicted molar refractivity (Wildman–Crippen MR) is 258 cm³/mol. The van der Waals surface area contributed by atoms with Crippen molar-refractivity contribution in [2.75, 3.05) is 25.6 Å². The van der Waals surface area contributed by atoms with Crippen LogP contribution >= 0.6 is 15.6 Å². The van der Waals surface area contributed by atoms with E-state index in [4.69, 9.17) is 29.0 Å². The summed E-state index contributed by atoms with van der Waals surface area (Å²) in [7, 11) is -10.9. The third kappa shape index (κ3) is 28.0. The lowest BCUT2D eigenvalue weighted by Gasteiger charge is -2.21. The van der Waals surface area contributed by atoms with Crippen LogP contribution in [0.4, 0.5) is 5.82 Å². The summed E-state index contributed by atoms with van der Waals surface area (Å²) in [5.41, 5.74) is 4.58. The highest BCUT2D eigenvalue weighted by Crippen LogP contribution is 2.60. The molecule has 1 saturated heterocycles. The van der Waals surface area contributed by atoms with Crippen LogP contribution in [0.2, 0.25) is 0 Å². The Labute approximate surface area is 402 Å². The molecule has 1 aromatic rings. The maximum absolute atomic E-state index is 12.8. The number of rotatable bonds is 39. The first-order valence-electron chi connectivity index (χ1n) is 24.5. The largest absolute Gasteiger partial charge is 0.481 e. The second-order valence-corrected chi connectivity index (χ2v) is 20.4. The second-order valence-electron chi connectivity index (χ2n) is 17.4. The zero-order valence-corrected chi connectivity index (χ0v) is 42.2. The molecule has 0 radical (unpaired) electrons. The van der Waals surface area contributed by atoms with Gasteiger partial charge in [0.15, 0.2) is 12.3 Å². The first-order valence-corrected chi connectivity index (χ1v) is 27.5.